The van der Waals surface area contributed by atoms with Gasteiger partial charge in [0.2, 0.25) is 0 Å². The van der Waals surface area contributed by atoms with Crippen molar-refractivity contribution in [2.75, 3.05) is 6.61 Å². The van der Waals surface area contributed by atoms with Crippen molar-refractivity contribution in [2.24, 2.45) is 5.90 Å². The first-order valence-electron chi connectivity index (χ1n) is 2.42. The van der Waals surface area contributed by atoms with Crippen LogP contribution in [0.5, 0.6) is 0 Å². The standard InChI is InChI=1S/C3H6O2.H3NO.H2O4S/c1-2-5-3-4;1-2;1-5(2,3)4/h3H,2H2,1H3;2H,1H2;(H2,1,2,3,4). The van der Waals surface area contributed by atoms with Crippen LogP contribution in [0.2, 0.25) is 0 Å². The van der Waals surface area contributed by atoms with Gasteiger partial charge in [-0.1, -0.05) is 0 Å². The van der Waals surface area contributed by atoms with E-state index in [1.54, 1.807) is 6.92 Å². The van der Waals surface area contributed by atoms with Gasteiger partial charge >= 0.3 is 10.4 Å². The Bertz CT molecular complexity index is 155. The van der Waals surface area contributed by atoms with Crippen molar-refractivity contribution < 1.29 is 32.3 Å². The smallest absolute Gasteiger partial charge is 0.394 e. The van der Waals surface area contributed by atoms with E-state index in [1.807, 2.05) is 0 Å². The molecule has 5 N–H and O–H groups in total. The predicted molar refractivity (Wildman–Crippen MR) is 37.8 cm³/mol. The molecule has 0 saturated heterocycles. The molecule has 12 heavy (non-hydrogen) atoms. The predicted octanol–water partition coefficient (Wildman–Crippen LogP) is -1.14. The van der Waals surface area contributed by atoms with E-state index in [9.17, 15) is 4.79 Å². The lowest BCUT2D eigenvalue weighted by Crippen LogP contribution is -1.89. The lowest BCUT2D eigenvalue weighted by molar-refractivity contribution is -0.128. The minimum absolute atomic E-state index is 0.431. The summed E-state index contributed by atoms with van der Waals surface area (Å²) >= 11 is 0. The minimum atomic E-state index is -4.67. The molecule has 0 spiro atoms. The summed E-state index contributed by atoms with van der Waals surface area (Å²) in [5.41, 5.74) is 0. The summed E-state index contributed by atoms with van der Waals surface area (Å²) in [5.74, 6) is 3.50. The Balaban J connectivity index is -0.000000112. The van der Waals surface area contributed by atoms with Gasteiger partial charge in [0.1, 0.15) is 0 Å². The Morgan fingerprint density at radius 3 is 1.67 bits per heavy atom. The molecule has 0 bridgehead atoms. The van der Waals surface area contributed by atoms with Crippen LogP contribution in [-0.2, 0) is 19.9 Å². The van der Waals surface area contributed by atoms with Gasteiger partial charge in [-0.3, -0.25) is 13.9 Å². The Labute approximate surface area is 69.5 Å². The van der Waals surface area contributed by atoms with E-state index in [0.29, 0.717) is 13.1 Å². The molecule has 9 heteroatoms. The van der Waals surface area contributed by atoms with Crippen molar-refractivity contribution in [2.45, 2.75) is 6.92 Å². The van der Waals surface area contributed by atoms with Gasteiger partial charge in [0.05, 0.1) is 6.61 Å². The Hall–Kier alpha value is -0.740. The van der Waals surface area contributed by atoms with Crippen molar-refractivity contribution in [3.8, 4) is 0 Å². The monoisotopic (exact) mass is 205 g/mol. The SMILES string of the molecule is CCOC=O.NO.O=S(=O)(O)O. The van der Waals surface area contributed by atoms with Gasteiger partial charge in [-0.15, -0.1) is 0 Å². The highest BCUT2D eigenvalue weighted by molar-refractivity contribution is 7.79. The maximum atomic E-state index is 9.18. The van der Waals surface area contributed by atoms with E-state index in [2.05, 4.69) is 10.6 Å². The summed E-state index contributed by atoms with van der Waals surface area (Å²) < 4.78 is 35.7. The van der Waals surface area contributed by atoms with Gasteiger partial charge in [-0.05, 0) is 6.92 Å². The topological polar surface area (TPSA) is 147 Å². The fraction of sp³-hybridized carbons (Fsp3) is 0.667. The second kappa shape index (κ2) is 12.9. The summed E-state index contributed by atoms with van der Waals surface area (Å²) in [5, 5.41) is 6.50. The lowest BCUT2D eigenvalue weighted by Gasteiger charge is -1.79. The van der Waals surface area contributed by atoms with Gasteiger partial charge in [0, 0.05) is 0 Å². The second-order valence-corrected chi connectivity index (χ2v) is 1.90. The van der Waals surface area contributed by atoms with Crippen LogP contribution in [0, 0.1) is 0 Å². The highest BCUT2D eigenvalue weighted by Gasteiger charge is 1.84. The molecule has 0 aliphatic rings. The van der Waals surface area contributed by atoms with Crippen LogP contribution in [0.15, 0.2) is 0 Å². The fourth-order valence-corrected chi connectivity index (χ4v) is 0.0680. The second-order valence-electron chi connectivity index (χ2n) is 0.999. The molecule has 0 rings (SSSR count). The molecule has 0 aromatic heterocycles. The zero-order valence-corrected chi connectivity index (χ0v) is 7.06. The van der Waals surface area contributed by atoms with Gasteiger partial charge in [-0.2, -0.15) is 8.42 Å². The molecule has 8 nitrogen and oxygen atoms in total. The van der Waals surface area contributed by atoms with Crippen molar-refractivity contribution in [3.05, 3.63) is 0 Å². The number of carbonyl (C=O) groups is 1. The summed E-state index contributed by atoms with van der Waals surface area (Å²) in [6.45, 7) is 2.66. The molecule has 0 atom stereocenters. The first-order valence-corrected chi connectivity index (χ1v) is 3.82. The van der Waals surface area contributed by atoms with Gasteiger partial charge in [0.25, 0.3) is 6.47 Å². The molecule has 0 fully saturated rings. The van der Waals surface area contributed by atoms with Crippen LogP contribution in [0.1, 0.15) is 6.92 Å². The average molecular weight is 205 g/mol. The number of carbonyl (C=O) groups excluding carboxylic acids is 1. The van der Waals surface area contributed by atoms with Gasteiger partial charge in [-0.25, -0.2) is 5.90 Å². The van der Waals surface area contributed by atoms with E-state index < -0.39 is 10.4 Å². The Morgan fingerprint density at radius 2 is 1.67 bits per heavy atom. The highest BCUT2D eigenvalue weighted by atomic mass is 32.3. The number of hydrogen-bond donors (Lipinski definition) is 4. The normalized spacial score (nSPS) is 8.08. The minimum Gasteiger partial charge on any atom is -0.468 e. The third-order valence-corrected chi connectivity index (χ3v) is 0.235. The molecule has 0 aromatic carbocycles. The Morgan fingerprint density at radius 1 is 1.42 bits per heavy atom. The van der Waals surface area contributed by atoms with Crippen molar-refractivity contribution in [3.63, 3.8) is 0 Å². The zero-order valence-electron chi connectivity index (χ0n) is 6.24. The van der Waals surface area contributed by atoms with Crippen molar-refractivity contribution >= 4 is 16.9 Å². The van der Waals surface area contributed by atoms with Crippen LogP contribution >= 0.6 is 0 Å². The van der Waals surface area contributed by atoms with E-state index >= 15 is 0 Å². The van der Waals surface area contributed by atoms with E-state index in [-0.39, 0.29) is 0 Å². The number of rotatable bonds is 2. The third-order valence-electron chi connectivity index (χ3n) is 0.235. The van der Waals surface area contributed by atoms with Crippen LogP contribution in [0.4, 0.5) is 0 Å². The summed E-state index contributed by atoms with van der Waals surface area (Å²) in [6.07, 6.45) is 0. The molecule has 0 radical (unpaired) electrons. The maximum Gasteiger partial charge on any atom is 0.394 e. The highest BCUT2D eigenvalue weighted by Crippen LogP contribution is 1.59. The van der Waals surface area contributed by atoms with Crippen LogP contribution in [0.25, 0.3) is 0 Å². The lowest BCUT2D eigenvalue weighted by atomic mass is 10.9. The van der Waals surface area contributed by atoms with Gasteiger partial charge < -0.3 is 9.94 Å². The van der Waals surface area contributed by atoms with Gasteiger partial charge in [0.15, 0.2) is 0 Å². The molecule has 0 unspecified atom stereocenters. The molecule has 0 saturated carbocycles. The molecule has 76 valence electrons. The first-order chi connectivity index (χ1) is 5.41. The quantitative estimate of drug-likeness (QED) is 0.251. The summed E-state index contributed by atoms with van der Waals surface area (Å²) in [6, 6.07) is 0. The van der Waals surface area contributed by atoms with E-state index in [4.69, 9.17) is 22.7 Å². The molecule has 0 aromatic rings. The van der Waals surface area contributed by atoms with Crippen molar-refractivity contribution in [1.29, 1.82) is 0 Å². The molecule has 0 aliphatic carbocycles. The van der Waals surface area contributed by atoms with Crippen molar-refractivity contribution in [1.82, 2.24) is 0 Å². The third kappa shape index (κ3) is 398. The van der Waals surface area contributed by atoms with Crippen LogP contribution in [-0.4, -0.2) is 35.8 Å². The number of hydrogen-bond acceptors (Lipinski definition) is 6. The maximum absolute atomic E-state index is 9.18. The molecular weight excluding hydrogens is 194 g/mol. The Kier molecular flexibility index (Phi) is 18.7. The largest absolute Gasteiger partial charge is 0.468 e. The molecular formula is C3H11NO7S. The molecule has 0 aliphatic heterocycles. The molecule has 0 amide bonds. The summed E-state index contributed by atoms with van der Waals surface area (Å²) in [4.78, 5) is 9.18. The van der Waals surface area contributed by atoms with Crippen LogP contribution < -0.4 is 5.90 Å². The zero-order chi connectivity index (χ0) is 10.6. The number of ether oxygens (including phenoxy) is 1. The fourth-order valence-electron chi connectivity index (χ4n) is 0.0680. The molecule has 0 heterocycles. The number of nitrogens with two attached hydrogens (primary N) is 1. The van der Waals surface area contributed by atoms with E-state index in [1.165, 1.54) is 0 Å². The van der Waals surface area contributed by atoms with E-state index in [0.717, 1.165) is 0 Å². The average Bonchev–Trinajstić information content (AvgIpc) is 1.90. The van der Waals surface area contributed by atoms with Crippen LogP contribution in [0.3, 0.4) is 0 Å². The summed E-state index contributed by atoms with van der Waals surface area (Å²) in [7, 11) is -4.67. The first kappa shape index (κ1) is 17.4.